The molecule has 3 aromatic rings. The monoisotopic (exact) mass is 377 g/mol. The number of hydrogen-bond acceptors (Lipinski definition) is 4. The second-order valence-corrected chi connectivity index (χ2v) is 7.59. The van der Waals surface area contributed by atoms with E-state index in [0.29, 0.717) is 0 Å². The maximum Gasteiger partial charge on any atom is 0.230 e. The molecule has 1 aromatic heterocycles. The van der Waals surface area contributed by atoms with Crippen LogP contribution < -0.4 is 9.80 Å². The summed E-state index contributed by atoms with van der Waals surface area (Å²) in [6.07, 6.45) is 1.96. The van der Waals surface area contributed by atoms with Crippen LogP contribution in [0.15, 0.2) is 53.9 Å². The summed E-state index contributed by atoms with van der Waals surface area (Å²) in [6, 6.07) is 16.6. The van der Waals surface area contributed by atoms with Crippen LogP contribution in [-0.2, 0) is 24.2 Å². The Morgan fingerprint density at radius 2 is 1.96 bits per heavy atom. The van der Waals surface area contributed by atoms with Gasteiger partial charge in [0.05, 0.1) is 17.9 Å². The molecule has 1 aliphatic heterocycles. The zero-order chi connectivity index (χ0) is 18.8. The predicted octanol–water partition coefficient (Wildman–Crippen LogP) is 4.95. The van der Waals surface area contributed by atoms with Crippen molar-refractivity contribution >= 4 is 33.8 Å². The van der Waals surface area contributed by atoms with Gasteiger partial charge in [-0.1, -0.05) is 43.3 Å². The van der Waals surface area contributed by atoms with Crippen molar-refractivity contribution in [2.45, 2.75) is 33.2 Å². The molecule has 0 saturated carbocycles. The molecule has 0 atom stereocenters. The van der Waals surface area contributed by atoms with Crippen LogP contribution in [0, 0.1) is 0 Å². The van der Waals surface area contributed by atoms with Crippen molar-refractivity contribution in [1.82, 2.24) is 4.98 Å². The van der Waals surface area contributed by atoms with Crippen molar-refractivity contribution in [1.29, 1.82) is 0 Å². The number of anilines is 3. The lowest BCUT2D eigenvalue weighted by atomic mass is 10.1. The summed E-state index contributed by atoms with van der Waals surface area (Å²) in [5, 5.41) is 2.81. The number of benzene rings is 2. The van der Waals surface area contributed by atoms with Gasteiger partial charge in [-0.25, -0.2) is 4.98 Å². The topological polar surface area (TPSA) is 36.4 Å². The summed E-state index contributed by atoms with van der Waals surface area (Å²) in [4.78, 5) is 21.3. The van der Waals surface area contributed by atoms with Crippen LogP contribution in [0.25, 0.3) is 0 Å². The van der Waals surface area contributed by atoms with Crippen LogP contribution in [-0.4, -0.2) is 17.4 Å². The fourth-order valence-electron chi connectivity index (χ4n) is 3.67. The molecule has 0 spiro atoms. The standard InChI is InChI=1S/C22H23N3OS/c1-3-17-8-4-7-11-21(17)25(16(2)26)22-23-19(15-27-22)14-24-13-12-18-9-5-6-10-20(18)24/h4-11,15H,3,12-14H2,1-2H3. The lowest BCUT2D eigenvalue weighted by Crippen LogP contribution is -2.24. The average Bonchev–Trinajstić information content (AvgIpc) is 3.30. The smallest absolute Gasteiger partial charge is 0.230 e. The number of amides is 1. The number of aryl methyl sites for hydroxylation is 1. The number of hydrogen-bond donors (Lipinski definition) is 0. The normalized spacial score (nSPS) is 12.9. The molecule has 0 bridgehead atoms. The van der Waals surface area contributed by atoms with Crippen molar-refractivity contribution in [3.8, 4) is 0 Å². The Balaban J connectivity index is 1.60. The first-order chi connectivity index (χ1) is 13.2. The predicted molar refractivity (Wildman–Crippen MR) is 112 cm³/mol. The van der Waals surface area contributed by atoms with E-state index in [1.807, 2.05) is 18.2 Å². The summed E-state index contributed by atoms with van der Waals surface area (Å²) in [6.45, 7) is 5.50. The largest absolute Gasteiger partial charge is 0.365 e. The van der Waals surface area contributed by atoms with E-state index in [0.717, 1.165) is 48.0 Å². The van der Waals surface area contributed by atoms with Gasteiger partial charge in [0.1, 0.15) is 0 Å². The second kappa shape index (κ2) is 7.53. The highest BCUT2D eigenvalue weighted by atomic mass is 32.1. The number of aromatic nitrogens is 1. The van der Waals surface area contributed by atoms with Crippen molar-refractivity contribution in [2.75, 3.05) is 16.3 Å². The molecule has 4 rings (SSSR count). The van der Waals surface area contributed by atoms with Crippen LogP contribution in [0.2, 0.25) is 0 Å². The molecule has 0 fully saturated rings. The molecule has 4 nitrogen and oxygen atoms in total. The molecule has 27 heavy (non-hydrogen) atoms. The molecule has 2 heterocycles. The molecule has 5 heteroatoms. The summed E-state index contributed by atoms with van der Waals surface area (Å²) >= 11 is 1.53. The van der Waals surface area contributed by atoms with E-state index in [-0.39, 0.29) is 5.91 Å². The minimum absolute atomic E-state index is 0.0108. The van der Waals surface area contributed by atoms with E-state index in [1.165, 1.54) is 22.6 Å². The van der Waals surface area contributed by atoms with Crippen LogP contribution in [0.3, 0.4) is 0 Å². The Kier molecular flexibility index (Phi) is 4.94. The Labute approximate surface area is 164 Å². The molecule has 1 aliphatic rings. The van der Waals surface area contributed by atoms with E-state index in [4.69, 9.17) is 4.98 Å². The second-order valence-electron chi connectivity index (χ2n) is 6.76. The van der Waals surface area contributed by atoms with Crippen LogP contribution in [0.4, 0.5) is 16.5 Å². The fourth-order valence-corrected chi connectivity index (χ4v) is 4.54. The summed E-state index contributed by atoms with van der Waals surface area (Å²) in [5.74, 6) is -0.0108. The van der Waals surface area contributed by atoms with Crippen LogP contribution in [0.1, 0.15) is 30.7 Å². The van der Waals surface area contributed by atoms with Crippen LogP contribution >= 0.6 is 11.3 Å². The van der Waals surface area contributed by atoms with E-state index >= 15 is 0 Å². The van der Waals surface area contributed by atoms with Crippen molar-refractivity contribution in [3.05, 3.63) is 70.7 Å². The third-order valence-electron chi connectivity index (χ3n) is 5.00. The van der Waals surface area contributed by atoms with Gasteiger partial charge in [0.2, 0.25) is 5.91 Å². The summed E-state index contributed by atoms with van der Waals surface area (Å²) < 4.78 is 0. The molecular formula is C22H23N3OS. The van der Waals surface area contributed by atoms with Gasteiger partial charge in [0, 0.05) is 24.5 Å². The number of para-hydroxylation sites is 2. The van der Waals surface area contributed by atoms with Gasteiger partial charge in [-0.15, -0.1) is 11.3 Å². The molecule has 0 aliphatic carbocycles. The molecule has 0 radical (unpaired) electrons. The first-order valence-electron chi connectivity index (χ1n) is 9.33. The quantitative estimate of drug-likeness (QED) is 0.631. The highest BCUT2D eigenvalue weighted by molar-refractivity contribution is 7.14. The number of carbonyl (C=O) groups is 1. The summed E-state index contributed by atoms with van der Waals surface area (Å²) in [7, 11) is 0. The van der Waals surface area contributed by atoms with Gasteiger partial charge in [-0.3, -0.25) is 9.69 Å². The number of fused-ring (bicyclic) bond motifs is 1. The van der Waals surface area contributed by atoms with Gasteiger partial charge in [0.25, 0.3) is 0 Å². The molecule has 1 amide bonds. The first kappa shape index (κ1) is 17.7. The minimum Gasteiger partial charge on any atom is -0.365 e. The lowest BCUT2D eigenvalue weighted by molar-refractivity contribution is -0.115. The first-order valence-corrected chi connectivity index (χ1v) is 10.2. The number of thiazole rings is 1. The Bertz CT molecular complexity index is 965. The number of nitrogens with zero attached hydrogens (tertiary/aromatic N) is 3. The third kappa shape index (κ3) is 3.47. The van der Waals surface area contributed by atoms with Gasteiger partial charge in [-0.2, -0.15) is 0 Å². The van der Waals surface area contributed by atoms with Crippen LogP contribution in [0.5, 0.6) is 0 Å². The summed E-state index contributed by atoms with van der Waals surface area (Å²) in [5.41, 5.74) is 5.78. The molecule has 2 aromatic carbocycles. The molecule has 138 valence electrons. The Morgan fingerprint density at radius 1 is 1.19 bits per heavy atom. The molecule has 0 unspecified atom stereocenters. The fraction of sp³-hybridized carbons (Fsp3) is 0.273. The third-order valence-corrected chi connectivity index (χ3v) is 5.87. The highest BCUT2D eigenvalue weighted by Crippen LogP contribution is 2.33. The SMILES string of the molecule is CCc1ccccc1N(C(C)=O)c1nc(CN2CCc3ccccc32)cs1. The molecular weight excluding hydrogens is 354 g/mol. The van der Waals surface area contributed by atoms with Gasteiger partial charge < -0.3 is 4.90 Å². The minimum atomic E-state index is -0.0108. The highest BCUT2D eigenvalue weighted by Gasteiger charge is 2.22. The molecule has 0 N–H and O–H groups in total. The zero-order valence-electron chi connectivity index (χ0n) is 15.7. The Hall–Kier alpha value is -2.66. The number of rotatable bonds is 5. The number of carbonyl (C=O) groups excluding carboxylic acids is 1. The maximum atomic E-state index is 12.4. The van der Waals surface area contributed by atoms with E-state index < -0.39 is 0 Å². The van der Waals surface area contributed by atoms with E-state index in [2.05, 4.69) is 47.5 Å². The Morgan fingerprint density at radius 3 is 2.78 bits per heavy atom. The lowest BCUT2D eigenvalue weighted by Gasteiger charge is -2.21. The average molecular weight is 378 g/mol. The van der Waals surface area contributed by atoms with Crippen molar-refractivity contribution < 1.29 is 4.79 Å². The maximum absolute atomic E-state index is 12.4. The van der Waals surface area contributed by atoms with Gasteiger partial charge in [0.15, 0.2) is 5.13 Å². The van der Waals surface area contributed by atoms with Crippen molar-refractivity contribution in [3.63, 3.8) is 0 Å². The zero-order valence-corrected chi connectivity index (χ0v) is 16.5. The van der Waals surface area contributed by atoms with Gasteiger partial charge >= 0.3 is 0 Å². The molecule has 0 saturated heterocycles. The van der Waals surface area contributed by atoms with Gasteiger partial charge in [-0.05, 0) is 36.1 Å². The van der Waals surface area contributed by atoms with E-state index in [1.54, 1.807) is 11.8 Å². The van der Waals surface area contributed by atoms with Crippen molar-refractivity contribution in [2.24, 2.45) is 0 Å². The van der Waals surface area contributed by atoms with E-state index in [9.17, 15) is 4.79 Å².